The highest BCUT2D eigenvalue weighted by atomic mass is 16.5. The van der Waals surface area contributed by atoms with Crippen LogP contribution in [0.3, 0.4) is 0 Å². The van der Waals surface area contributed by atoms with E-state index < -0.39 is 5.97 Å². The number of nitrogens with zero attached hydrogens (tertiary/aromatic N) is 3. The SMILES string of the molecule is CC(C)N(CCCC(=O)O)Cc1noc(C2CC2)n1. The van der Waals surface area contributed by atoms with E-state index in [1.54, 1.807) is 0 Å². The summed E-state index contributed by atoms with van der Waals surface area (Å²) in [6.07, 6.45) is 3.13. The highest BCUT2D eigenvalue weighted by Crippen LogP contribution is 2.38. The maximum Gasteiger partial charge on any atom is 0.303 e. The van der Waals surface area contributed by atoms with Crippen LogP contribution in [-0.2, 0) is 11.3 Å². The van der Waals surface area contributed by atoms with E-state index in [4.69, 9.17) is 9.63 Å². The van der Waals surface area contributed by atoms with Crippen LogP contribution in [0.5, 0.6) is 0 Å². The molecule has 1 saturated carbocycles. The fraction of sp³-hybridized carbons (Fsp3) is 0.769. The summed E-state index contributed by atoms with van der Waals surface area (Å²) < 4.78 is 5.23. The van der Waals surface area contributed by atoms with Crippen molar-refractivity contribution in [3.8, 4) is 0 Å². The molecule has 1 aliphatic carbocycles. The van der Waals surface area contributed by atoms with Gasteiger partial charge >= 0.3 is 5.97 Å². The van der Waals surface area contributed by atoms with Gasteiger partial charge in [0, 0.05) is 18.4 Å². The molecule has 1 N–H and O–H groups in total. The second kappa shape index (κ2) is 6.14. The number of carboxylic acids is 1. The first-order valence-corrected chi connectivity index (χ1v) is 6.84. The average molecular weight is 267 g/mol. The molecular formula is C13H21N3O3. The van der Waals surface area contributed by atoms with Crippen LogP contribution in [0.15, 0.2) is 4.52 Å². The molecule has 0 amide bonds. The Labute approximate surface area is 112 Å². The van der Waals surface area contributed by atoms with Crippen molar-refractivity contribution in [1.82, 2.24) is 15.0 Å². The molecule has 106 valence electrons. The highest BCUT2D eigenvalue weighted by molar-refractivity contribution is 5.66. The van der Waals surface area contributed by atoms with Crippen LogP contribution < -0.4 is 0 Å². The second-order valence-corrected chi connectivity index (χ2v) is 5.38. The topological polar surface area (TPSA) is 79.5 Å². The molecule has 0 radical (unpaired) electrons. The van der Waals surface area contributed by atoms with Crippen LogP contribution in [-0.4, -0.2) is 38.7 Å². The molecule has 0 aromatic carbocycles. The van der Waals surface area contributed by atoms with Crippen molar-refractivity contribution in [1.29, 1.82) is 0 Å². The van der Waals surface area contributed by atoms with Crippen molar-refractivity contribution < 1.29 is 14.4 Å². The normalized spacial score (nSPS) is 15.4. The highest BCUT2D eigenvalue weighted by Gasteiger charge is 2.29. The Kier molecular flexibility index (Phi) is 4.52. The van der Waals surface area contributed by atoms with Gasteiger partial charge in [0.15, 0.2) is 5.82 Å². The fourth-order valence-electron chi connectivity index (χ4n) is 1.96. The summed E-state index contributed by atoms with van der Waals surface area (Å²) in [6.45, 7) is 5.52. The Morgan fingerprint density at radius 1 is 1.53 bits per heavy atom. The molecule has 0 bridgehead atoms. The number of aliphatic carboxylic acids is 1. The second-order valence-electron chi connectivity index (χ2n) is 5.38. The molecule has 0 saturated heterocycles. The predicted octanol–water partition coefficient (Wildman–Crippen LogP) is 2.02. The first kappa shape index (κ1) is 14.0. The van der Waals surface area contributed by atoms with Gasteiger partial charge in [-0.05, 0) is 39.7 Å². The minimum atomic E-state index is -0.751. The van der Waals surface area contributed by atoms with Gasteiger partial charge in [-0.15, -0.1) is 0 Å². The van der Waals surface area contributed by atoms with Crippen LogP contribution in [0, 0.1) is 0 Å². The van der Waals surface area contributed by atoms with E-state index in [2.05, 4.69) is 28.9 Å². The van der Waals surface area contributed by atoms with Gasteiger partial charge in [0.2, 0.25) is 5.89 Å². The molecule has 0 spiro atoms. The van der Waals surface area contributed by atoms with Crippen molar-refractivity contribution in [2.75, 3.05) is 6.54 Å². The number of hydrogen-bond acceptors (Lipinski definition) is 5. The lowest BCUT2D eigenvalue weighted by Crippen LogP contribution is -2.32. The summed E-state index contributed by atoms with van der Waals surface area (Å²) in [7, 11) is 0. The molecule has 1 heterocycles. The van der Waals surface area contributed by atoms with E-state index >= 15 is 0 Å². The van der Waals surface area contributed by atoms with Crippen molar-refractivity contribution in [3.05, 3.63) is 11.7 Å². The van der Waals surface area contributed by atoms with Gasteiger partial charge < -0.3 is 9.63 Å². The molecule has 1 aromatic rings. The summed E-state index contributed by atoms with van der Waals surface area (Å²) in [5.74, 6) is 1.18. The minimum Gasteiger partial charge on any atom is -0.481 e. The number of aromatic nitrogens is 2. The number of hydrogen-bond donors (Lipinski definition) is 1. The third kappa shape index (κ3) is 4.31. The zero-order chi connectivity index (χ0) is 13.8. The quantitative estimate of drug-likeness (QED) is 0.776. The Hall–Kier alpha value is -1.43. The smallest absolute Gasteiger partial charge is 0.303 e. The first-order valence-electron chi connectivity index (χ1n) is 6.84. The fourth-order valence-corrected chi connectivity index (χ4v) is 1.96. The molecular weight excluding hydrogens is 246 g/mol. The van der Waals surface area contributed by atoms with Crippen LogP contribution in [0.25, 0.3) is 0 Å². The summed E-state index contributed by atoms with van der Waals surface area (Å²) in [4.78, 5) is 17.1. The van der Waals surface area contributed by atoms with Gasteiger partial charge in [0.05, 0.1) is 6.54 Å². The van der Waals surface area contributed by atoms with Crippen molar-refractivity contribution in [3.63, 3.8) is 0 Å². The monoisotopic (exact) mass is 267 g/mol. The Bertz CT molecular complexity index is 427. The molecule has 2 rings (SSSR count). The lowest BCUT2D eigenvalue weighted by molar-refractivity contribution is -0.137. The van der Waals surface area contributed by atoms with Crippen molar-refractivity contribution >= 4 is 5.97 Å². The third-order valence-corrected chi connectivity index (χ3v) is 3.32. The van der Waals surface area contributed by atoms with E-state index in [1.165, 1.54) is 0 Å². The van der Waals surface area contributed by atoms with E-state index in [0.29, 0.717) is 30.7 Å². The van der Waals surface area contributed by atoms with Crippen molar-refractivity contribution in [2.24, 2.45) is 0 Å². The molecule has 1 aromatic heterocycles. The third-order valence-electron chi connectivity index (χ3n) is 3.32. The summed E-state index contributed by atoms with van der Waals surface area (Å²) in [5, 5.41) is 12.7. The van der Waals surface area contributed by atoms with Crippen molar-refractivity contribution in [2.45, 2.75) is 58.0 Å². The molecule has 19 heavy (non-hydrogen) atoms. The largest absolute Gasteiger partial charge is 0.481 e. The maximum absolute atomic E-state index is 10.5. The van der Waals surface area contributed by atoms with Crippen LogP contribution in [0.4, 0.5) is 0 Å². The van der Waals surface area contributed by atoms with Crippen LogP contribution >= 0.6 is 0 Å². The average Bonchev–Trinajstić information content (AvgIpc) is 3.08. The number of rotatable bonds is 8. The Balaban J connectivity index is 1.85. The molecule has 1 fully saturated rings. The Morgan fingerprint density at radius 3 is 2.84 bits per heavy atom. The van der Waals surface area contributed by atoms with Gasteiger partial charge in [0.1, 0.15) is 0 Å². The Morgan fingerprint density at radius 2 is 2.26 bits per heavy atom. The summed E-state index contributed by atoms with van der Waals surface area (Å²) in [6, 6.07) is 0.330. The van der Waals surface area contributed by atoms with Crippen LogP contribution in [0.1, 0.15) is 57.2 Å². The standard InChI is InChI=1S/C13H21N3O3/c1-9(2)16(7-3-4-12(17)18)8-11-14-13(19-15-11)10-5-6-10/h9-10H,3-8H2,1-2H3,(H,17,18). The summed E-state index contributed by atoms with van der Waals surface area (Å²) >= 11 is 0. The van der Waals surface area contributed by atoms with Gasteiger partial charge in [-0.2, -0.15) is 4.98 Å². The molecule has 0 unspecified atom stereocenters. The number of carbonyl (C=O) groups is 1. The van der Waals surface area contributed by atoms with E-state index in [0.717, 1.165) is 25.3 Å². The zero-order valence-corrected chi connectivity index (χ0v) is 11.5. The summed E-state index contributed by atoms with van der Waals surface area (Å²) in [5.41, 5.74) is 0. The van der Waals surface area contributed by atoms with Crippen LogP contribution in [0.2, 0.25) is 0 Å². The minimum absolute atomic E-state index is 0.197. The van der Waals surface area contributed by atoms with E-state index in [-0.39, 0.29) is 6.42 Å². The maximum atomic E-state index is 10.5. The van der Waals surface area contributed by atoms with Gasteiger partial charge in [0.25, 0.3) is 0 Å². The molecule has 6 nitrogen and oxygen atoms in total. The lowest BCUT2D eigenvalue weighted by Gasteiger charge is -2.24. The van der Waals surface area contributed by atoms with E-state index in [1.807, 2.05) is 0 Å². The molecule has 0 aliphatic heterocycles. The van der Waals surface area contributed by atoms with Gasteiger partial charge in [-0.3, -0.25) is 9.69 Å². The predicted molar refractivity (Wildman–Crippen MR) is 68.7 cm³/mol. The zero-order valence-electron chi connectivity index (χ0n) is 11.5. The van der Waals surface area contributed by atoms with E-state index in [9.17, 15) is 4.79 Å². The van der Waals surface area contributed by atoms with Gasteiger partial charge in [-0.25, -0.2) is 0 Å². The van der Waals surface area contributed by atoms with Gasteiger partial charge in [-0.1, -0.05) is 5.16 Å². The number of carboxylic acid groups (broad SMARTS) is 1. The first-order chi connectivity index (χ1) is 9.06. The molecule has 0 atom stereocenters. The molecule has 1 aliphatic rings. The molecule has 6 heteroatoms. The lowest BCUT2D eigenvalue weighted by atomic mass is 10.2.